The summed E-state index contributed by atoms with van der Waals surface area (Å²) < 4.78 is 10.3. The number of rotatable bonds is 8. The fourth-order valence-electron chi connectivity index (χ4n) is 3.47. The normalized spacial score (nSPS) is 14.4. The van der Waals surface area contributed by atoms with Gasteiger partial charge in [0, 0.05) is 29.6 Å². The molecule has 1 fully saturated rings. The Balaban J connectivity index is 1.51. The molecule has 6 nitrogen and oxygen atoms in total. The number of amides is 1. The van der Waals surface area contributed by atoms with Gasteiger partial charge in [-0.3, -0.25) is 9.59 Å². The van der Waals surface area contributed by atoms with Crippen molar-refractivity contribution in [2.75, 3.05) is 20.3 Å². The quantitative estimate of drug-likeness (QED) is 0.576. The number of benzene rings is 2. The third-order valence-electron chi connectivity index (χ3n) is 5.27. The Bertz CT molecular complexity index is 1010. The lowest BCUT2D eigenvalue weighted by molar-refractivity contribution is -0.149. The van der Waals surface area contributed by atoms with Crippen LogP contribution in [0.5, 0.6) is 5.75 Å². The summed E-state index contributed by atoms with van der Waals surface area (Å²) in [5.74, 6) is 0.143. The van der Waals surface area contributed by atoms with Crippen molar-refractivity contribution in [2.24, 2.45) is 5.92 Å². The molecule has 1 saturated carbocycles. The first-order chi connectivity index (χ1) is 14.2. The summed E-state index contributed by atoms with van der Waals surface area (Å²) >= 11 is 0. The van der Waals surface area contributed by atoms with Gasteiger partial charge in [-0.15, -0.1) is 0 Å². The van der Waals surface area contributed by atoms with Gasteiger partial charge in [-0.25, -0.2) is 0 Å². The van der Waals surface area contributed by atoms with E-state index < -0.39 is 0 Å². The van der Waals surface area contributed by atoms with Gasteiger partial charge in [0.25, 0.3) is 5.91 Å². The van der Waals surface area contributed by atoms with Crippen molar-refractivity contribution in [3.05, 3.63) is 65.9 Å². The lowest BCUT2D eigenvalue weighted by Crippen LogP contribution is -2.32. The smallest absolute Gasteiger partial charge is 0.309 e. The molecule has 2 N–H and O–H groups in total. The van der Waals surface area contributed by atoms with Crippen LogP contribution in [0.15, 0.2) is 54.7 Å². The van der Waals surface area contributed by atoms with Crippen LogP contribution in [-0.4, -0.2) is 37.1 Å². The van der Waals surface area contributed by atoms with Crippen LogP contribution in [0.25, 0.3) is 10.9 Å². The van der Waals surface area contributed by atoms with Crippen LogP contribution in [-0.2, 0) is 14.3 Å². The minimum atomic E-state index is -0.294. The highest BCUT2D eigenvalue weighted by molar-refractivity contribution is 5.85. The molecule has 1 amide bonds. The molecule has 1 aliphatic rings. The Morgan fingerprint density at radius 2 is 1.90 bits per heavy atom. The zero-order chi connectivity index (χ0) is 20.2. The highest BCUT2D eigenvalue weighted by atomic mass is 16.5. The van der Waals surface area contributed by atoms with Gasteiger partial charge >= 0.3 is 5.97 Å². The molecule has 0 spiro atoms. The monoisotopic (exact) mass is 392 g/mol. The predicted octanol–water partition coefficient (Wildman–Crippen LogP) is 3.38. The van der Waals surface area contributed by atoms with Crippen molar-refractivity contribution in [2.45, 2.75) is 18.8 Å². The average Bonchev–Trinajstić information content (AvgIpc) is 3.53. The van der Waals surface area contributed by atoms with Gasteiger partial charge in [-0.1, -0.05) is 30.3 Å². The minimum Gasteiger partial charge on any atom is -0.497 e. The number of H-pyrrole nitrogens is 1. The van der Waals surface area contributed by atoms with Gasteiger partial charge in [0.2, 0.25) is 0 Å². The maximum Gasteiger partial charge on any atom is 0.309 e. The topological polar surface area (TPSA) is 80.4 Å². The zero-order valence-corrected chi connectivity index (χ0v) is 16.3. The Morgan fingerprint density at radius 1 is 1.14 bits per heavy atom. The minimum absolute atomic E-state index is 0.0129. The number of carbonyl (C=O) groups is 2. The zero-order valence-electron chi connectivity index (χ0n) is 16.3. The van der Waals surface area contributed by atoms with E-state index in [-0.39, 0.29) is 30.3 Å². The van der Waals surface area contributed by atoms with E-state index in [0.29, 0.717) is 6.54 Å². The Labute approximate surface area is 169 Å². The first kappa shape index (κ1) is 19.1. The fraction of sp³-hybridized carbons (Fsp3) is 0.304. The lowest BCUT2D eigenvalue weighted by atomic mass is 9.91. The van der Waals surface area contributed by atoms with Gasteiger partial charge in [-0.05, 0) is 42.2 Å². The van der Waals surface area contributed by atoms with Crippen LogP contribution in [0.2, 0.25) is 0 Å². The summed E-state index contributed by atoms with van der Waals surface area (Å²) in [6.45, 7) is 0.159. The average molecular weight is 392 g/mol. The molecular formula is C23H24N2O4. The van der Waals surface area contributed by atoms with E-state index in [9.17, 15) is 9.59 Å². The highest BCUT2D eigenvalue weighted by Crippen LogP contribution is 2.32. The summed E-state index contributed by atoms with van der Waals surface area (Å²) in [4.78, 5) is 27.2. The third kappa shape index (κ3) is 4.42. The van der Waals surface area contributed by atoms with E-state index in [1.54, 1.807) is 7.11 Å². The molecule has 0 aliphatic heterocycles. The van der Waals surface area contributed by atoms with Gasteiger partial charge in [0.15, 0.2) is 6.61 Å². The molecule has 29 heavy (non-hydrogen) atoms. The molecule has 1 aromatic heterocycles. The number of carbonyl (C=O) groups excluding carboxylic acids is 2. The summed E-state index contributed by atoms with van der Waals surface area (Å²) in [6.07, 6.45) is 3.71. The second kappa shape index (κ2) is 8.39. The molecular weight excluding hydrogens is 368 g/mol. The number of esters is 1. The molecule has 2 aromatic carbocycles. The predicted molar refractivity (Wildman–Crippen MR) is 110 cm³/mol. The highest BCUT2D eigenvalue weighted by Gasteiger charge is 2.31. The Hall–Kier alpha value is -3.28. The summed E-state index contributed by atoms with van der Waals surface area (Å²) in [5.41, 5.74) is 3.21. The van der Waals surface area contributed by atoms with E-state index in [1.807, 2.05) is 48.7 Å². The lowest BCUT2D eigenvalue weighted by Gasteiger charge is -2.18. The van der Waals surface area contributed by atoms with E-state index in [0.717, 1.165) is 40.6 Å². The van der Waals surface area contributed by atoms with Crippen molar-refractivity contribution >= 4 is 22.8 Å². The van der Waals surface area contributed by atoms with Crippen LogP contribution >= 0.6 is 0 Å². The van der Waals surface area contributed by atoms with Crippen molar-refractivity contribution < 1.29 is 19.1 Å². The molecule has 150 valence electrons. The second-order valence-corrected chi connectivity index (χ2v) is 7.30. The number of hydrogen-bond donors (Lipinski definition) is 2. The van der Waals surface area contributed by atoms with E-state index in [2.05, 4.69) is 16.4 Å². The van der Waals surface area contributed by atoms with Gasteiger partial charge in [0.1, 0.15) is 5.75 Å². The molecule has 1 atom stereocenters. The number of nitrogens with one attached hydrogen (secondary N) is 2. The third-order valence-corrected chi connectivity index (χ3v) is 5.27. The number of fused-ring (bicyclic) bond motifs is 1. The van der Waals surface area contributed by atoms with Crippen molar-refractivity contribution in [1.82, 2.24) is 10.3 Å². The molecule has 1 aliphatic carbocycles. The molecule has 3 aromatic rings. The number of hydrogen-bond acceptors (Lipinski definition) is 4. The number of para-hydroxylation sites is 1. The largest absolute Gasteiger partial charge is 0.497 e. The van der Waals surface area contributed by atoms with E-state index >= 15 is 0 Å². The van der Waals surface area contributed by atoms with Gasteiger partial charge in [-0.2, -0.15) is 0 Å². The number of methoxy groups -OCH3 is 1. The van der Waals surface area contributed by atoms with E-state index in [1.165, 1.54) is 0 Å². The van der Waals surface area contributed by atoms with E-state index in [4.69, 9.17) is 9.47 Å². The SMILES string of the molecule is COc1ccc([C@@H](CNC(=O)COC(=O)C2CC2)c2c[nH]c3ccccc23)cc1. The molecule has 1 heterocycles. The van der Waals surface area contributed by atoms with Crippen molar-refractivity contribution in [1.29, 1.82) is 0 Å². The summed E-state index contributed by atoms with van der Waals surface area (Å²) in [5, 5.41) is 4.03. The number of aromatic amines is 1. The van der Waals surface area contributed by atoms with Crippen LogP contribution in [0, 0.1) is 5.92 Å². The standard InChI is InChI=1S/C23H24N2O4/c1-28-17-10-8-15(9-11-17)19(20-13-24-21-5-3-2-4-18(20)21)12-25-22(26)14-29-23(27)16-6-7-16/h2-5,8-11,13,16,19,24H,6-7,12,14H2,1H3,(H,25,26)/t19-/m1/s1. The maximum absolute atomic E-state index is 12.2. The van der Waals surface area contributed by atoms with Gasteiger partial charge < -0.3 is 19.8 Å². The molecule has 4 rings (SSSR count). The summed E-state index contributed by atoms with van der Waals surface area (Å²) in [6, 6.07) is 15.9. The molecule has 0 saturated heterocycles. The first-order valence-corrected chi connectivity index (χ1v) is 9.79. The first-order valence-electron chi connectivity index (χ1n) is 9.79. The molecule has 0 unspecified atom stereocenters. The number of ether oxygens (including phenoxy) is 2. The Morgan fingerprint density at radius 3 is 2.62 bits per heavy atom. The van der Waals surface area contributed by atoms with Crippen LogP contribution in [0.3, 0.4) is 0 Å². The molecule has 0 radical (unpaired) electrons. The summed E-state index contributed by atoms with van der Waals surface area (Å²) in [7, 11) is 1.63. The van der Waals surface area contributed by atoms with Gasteiger partial charge in [0.05, 0.1) is 13.0 Å². The van der Waals surface area contributed by atoms with Crippen molar-refractivity contribution in [3.63, 3.8) is 0 Å². The van der Waals surface area contributed by atoms with Crippen LogP contribution < -0.4 is 10.1 Å². The molecule has 0 bridgehead atoms. The van der Waals surface area contributed by atoms with Crippen LogP contribution in [0.1, 0.15) is 29.9 Å². The maximum atomic E-state index is 12.2. The fourth-order valence-corrected chi connectivity index (χ4v) is 3.47. The van der Waals surface area contributed by atoms with Crippen LogP contribution in [0.4, 0.5) is 0 Å². The molecule has 6 heteroatoms. The number of aromatic nitrogens is 1. The second-order valence-electron chi connectivity index (χ2n) is 7.30. The Kier molecular flexibility index (Phi) is 5.51. The van der Waals surface area contributed by atoms with Crippen molar-refractivity contribution in [3.8, 4) is 5.75 Å².